The van der Waals surface area contributed by atoms with Crippen molar-refractivity contribution in [3.8, 4) is 0 Å². The highest BCUT2D eigenvalue weighted by molar-refractivity contribution is 5.79. The molecule has 0 radical (unpaired) electrons. The van der Waals surface area contributed by atoms with Gasteiger partial charge >= 0.3 is 0 Å². The van der Waals surface area contributed by atoms with E-state index in [0.717, 1.165) is 51.4 Å². The molecule has 2 amide bonds. The van der Waals surface area contributed by atoms with Gasteiger partial charge in [0.1, 0.15) is 0 Å². The second-order valence-electron chi connectivity index (χ2n) is 11.4. The quantitative estimate of drug-likeness (QED) is 0.691. The van der Waals surface area contributed by atoms with Gasteiger partial charge in [0.25, 0.3) is 0 Å². The summed E-state index contributed by atoms with van der Waals surface area (Å²) in [5.41, 5.74) is 0.0864. The van der Waals surface area contributed by atoms with E-state index in [4.69, 9.17) is 4.74 Å². The predicted octanol–water partition coefficient (Wildman–Crippen LogP) is 3.37. The van der Waals surface area contributed by atoms with Crippen molar-refractivity contribution >= 4 is 11.8 Å². The monoisotopic (exact) mass is 448 g/mol. The van der Waals surface area contributed by atoms with Crippen molar-refractivity contribution < 1.29 is 19.4 Å². The van der Waals surface area contributed by atoms with Gasteiger partial charge in [0.2, 0.25) is 11.8 Å². The Morgan fingerprint density at radius 3 is 2.41 bits per heavy atom. The van der Waals surface area contributed by atoms with E-state index in [2.05, 4.69) is 19.2 Å². The first-order valence-electron chi connectivity index (χ1n) is 13.2. The molecule has 1 aliphatic heterocycles. The molecule has 182 valence electrons. The minimum absolute atomic E-state index is 0.0151. The second kappa shape index (κ2) is 10.0. The van der Waals surface area contributed by atoms with E-state index in [1.807, 2.05) is 11.8 Å². The summed E-state index contributed by atoms with van der Waals surface area (Å²) in [6, 6.07) is 0.126. The van der Waals surface area contributed by atoms with E-state index in [-0.39, 0.29) is 52.9 Å². The van der Waals surface area contributed by atoms with Gasteiger partial charge in [-0.15, -0.1) is 0 Å². The van der Waals surface area contributed by atoms with Crippen molar-refractivity contribution in [2.45, 2.75) is 90.7 Å². The maximum Gasteiger partial charge on any atom is 0.225 e. The van der Waals surface area contributed by atoms with Gasteiger partial charge in [-0.3, -0.25) is 9.59 Å². The number of rotatable bonds is 4. The molecule has 0 aromatic heterocycles. The van der Waals surface area contributed by atoms with Crippen LogP contribution in [0.5, 0.6) is 0 Å². The normalized spacial score (nSPS) is 39.8. The molecule has 4 fully saturated rings. The minimum atomic E-state index is -0.502. The Balaban J connectivity index is 1.43. The lowest BCUT2D eigenvalue weighted by Gasteiger charge is -2.56. The molecule has 0 aromatic rings. The molecule has 3 aliphatic carbocycles. The van der Waals surface area contributed by atoms with Gasteiger partial charge in [-0.1, -0.05) is 40.0 Å². The van der Waals surface area contributed by atoms with Crippen molar-refractivity contribution in [2.24, 2.45) is 35.0 Å². The number of aliphatic hydroxyl groups excluding tert-OH is 1. The molecular formula is C26H44N2O4. The topological polar surface area (TPSA) is 78.9 Å². The van der Waals surface area contributed by atoms with Gasteiger partial charge in [0.05, 0.1) is 19.3 Å². The van der Waals surface area contributed by atoms with E-state index < -0.39 is 6.10 Å². The third-order valence-corrected chi connectivity index (χ3v) is 9.55. The lowest BCUT2D eigenvalue weighted by molar-refractivity contribution is -0.154. The highest BCUT2D eigenvalue weighted by atomic mass is 16.5. The smallest absolute Gasteiger partial charge is 0.225 e. The molecule has 0 unspecified atom stereocenters. The number of aliphatic hydroxyl groups is 1. The third-order valence-electron chi connectivity index (χ3n) is 9.55. The fourth-order valence-corrected chi connectivity index (χ4v) is 7.42. The average Bonchev–Trinajstić information content (AvgIpc) is 2.81. The fraction of sp³-hybridized carbons (Fsp3) is 0.923. The van der Waals surface area contributed by atoms with Gasteiger partial charge in [0, 0.05) is 31.0 Å². The summed E-state index contributed by atoms with van der Waals surface area (Å²) in [6.45, 7) is 9.05. The number of hydrogen-bond donors (Lipinski definition) is 2. The maximum atomic E-state index is 13.2. The van der Waals surface area contributed by atoms with Gasteiger partial charge < -0.3 is 20.1 Å². The molecule has 4 rings (SSSR count). The number of carbonyl (C=O) groups is 2. The van der Waals surface area contributed by atoms with E-state index in [0.29, 0.717) is 26.3 Å². The largest absolute Gasteiger partial charge is 0.392 e. The predicted molar refractivity (Wildman–Crippen MR) is 124 cm³/mol. The molecule has 6 heteroatoms. The maximum absolute atomic E-state index is 13.2. The fourth-order valence-electron chi connectivity index (χ4n) is 7.42. The van der Waals surface area contributed by atoms with Crippen molar-refractivity contribution in [1.29, 1.82) is 0 Å². The number of nitrogens with zero attached hydrogens (tertiary/aromatic N) is 1. The van der Waals surface area contributed by atoms with Crippen LogP contribution in [0.2, 0.25) is 0 Å². The van der Waals surface area contributed by atoms with Crippen molar-refractivity contribution in [3.63, 3.8) is 0 Å². The molecule has 1 saturated heterocycles. The zero-order chi connectivity index (χ0) is 22.9. The molecule has 0 aromatic carbocycles. The Morgan fingerprint density at radius 1 is 1.06 bits per heavy atom. The highest BCUT2D eigenvalue weighted by Crippen LogP contribution is 2.55. The molecule has 4 aliphatic rings. The van der Waals surface area contributed by atoms with Gasteiger partial charge in [0.15, 0.2) is 0 Å². The number of nitrogens with one attached hydrogen (secondary N) is 1. The molecule has 0 bridgehead atoms. The number of fused-ring (bicyclic) bond motifs is 1. The van der Waals surface area contributed by atoms with Crippen LogP contribution in [0, 0.1) is 35.0 Å². The summed E-state index contributed by atoms with van der Waals surface area (Å²) in [7, 11) is 0. The molecule has 2 N–H and O–H groups in total. The van der Waals surface area contributed by atoms with Crippen LogP contribution in [0.25, 0.3) is 0 Å². The summed E-state index contributed by atoms with van der Waals surface area (Å²) in [5, 5.41) is 15.0. The first-order valence-corrected chi connectivity index (χ1v) is 13.2. The van der Waals surface area contributed by atoms with Gasteiger partial charge in [-0.25, -0.2) is 0 Å². The summed E-state index contributed by atoms with van der Waals surface area (Å²) in [4.78, 5) is 28.0. The Labute approximate surface area is 193 Å². The standard InChI is InChI=1S/C26H44N2O4/c1-17(25(31)28-13-15-32-16-14-28)20-9-11-26(3)12-10-21(18(2)22(26)23(20)29)27-24(30)19-7-5-4-6-8-19/h17-23,29H,4-16H2,1-3H3,(H,27,30)/t17-,18+,20-,21-,22+,23-,26-/m0/s1. The summed E-state index contributed by atoms with van der Waals surface area (Å²) >= 11 is 0. The van der Waals surface area contributed by atoms with Gasteiger partial charge in [-0.2, -0.15) is 0 Å². The number of morpholine rings is 1. The number of hydrogen-bond acceptors (Lipinski definition) is 4. The minimum Gasteiger partial charge on any atom is -0.392 e. The number of amides is 2. The van der Waals surface area contributed by atoms with Crippen LogP contribution >= 0.6 is 0 Å². The van der Waals surface area contributed by atoms with Crippen LogP contribution in [0.1, 0.15) is 78.6 Å². The van der Waals surface area contributed by atoms with Crippen LogP contribution in [-0.2, 0) is 14.3 Å². The van der Waals surface area contributed by atoms with Gasteiger partial charge in [-0.05, 0) is 61.7 Å². The van der Waals surface area contributed by atoms with Crippen LogP contribution < -0.4 is 5.32 Å². The first-order chi connectivity index (χ1) is 15.3. The molecule has 3 saturated carbocycles. The average molecular weight is 449 g/mol. The third kappa shape index (κ3) is 4.72. The second-order valence-corrected chi connectivity index (χ2v) is 11.4. The molecule has 7 atom stereocenters. The lowest BCUT2D eigenvalue weighted by Crippen LogP contribution is -2.59. The van der Waals surface area contributed by atoms with Crippen LogP contribution in [0.15, 0.2) is 0 Å². The van der Waals surface area contributed by atoms with Crippen LogP contribution in [0.3, 0.4) is 0 Å². The van der Waals surface area contributed by atoms with Crippen molar-refractivity contribution in [1.82, 2.24) is 10.2 Å². The van der Waals surface area contributed by atoms with Crippen LogP contribution in [0.4, 0.5) is 0 Å². The zero-order valence-electron chi connectivity index (χ0n) is 20.4. The first kappa shape index (κ1) is 24.0. The highest BCUT2D eigenvalue weighted by Gasteiger charge is 2.54. The molecule has 0 spiro atoms. The van der Waals surface area contributed by atoms with E-state index >= 15 is 0 Å². The SMILES string of the molecule is C[C@H]1[C@@H]2[C@@H](O)[C@H]([C@H](C)C(=O)N3CCOCC3)CC[C@@]2(C)CC[C@@H]1NC(=O)C1CCCCC1. The number of carbonyl (C=O) groups excluding carboxylic acids is 2. The van der Waals surface area contributed by atoms with E-state index in [1.54, 1.807) is 0 Å². The lowest BCUT2D eigenvalue weighted by atomic mass is 9.51. The molecular weight excluding hydrogens is 404 g/mol. The number of ether oxygens (including phenoxy) is 1. The Kier molecular flexibility index (Phi) is 7.50. The Hall–Kier alpha value is -1.14. The van der Waals surface area contributed by atoms with Crippen molar-refractivity contribution in [3.05, 3.63) is 0 Å². The summed E-state index contributed by atoms with van der Waals surface area (Å²) in [6.07, 6.45) is 9.07. The van der Waals surface area contributed by atoms with Crippen molar-refractivity contribution in [2.75, 3.05) is 26.3 Å². The van der Waals surface area contributed by atoms with Crippen LogP contribution in [-0.4, -0.2) is 60.3 Å². The molecule has 6 nitrogen and oxygen atoms in total. The van der Waals surface area contributed by atoms with E-state index in [1.165, 1.54) is 6.42 Å². The summed E-state index contributed by atoms with van der Waals surface area (Å²) < 4.78 is 5.40. The Morgan fingerprint density at radius 2 is 1.72 bits per heavy atom. The molecule has 32 heavy (non-hydrogen) atoms. The zero-order valence-corrected chi connectivity index (χ0v) is 20.4. The summed E-state index contributed by atoms with van der Waals surface area (Å²) in [5.74, 6) is 0.681. The Bertz CT molecular complexity index is 673. The van der Waals surface area contributed by atoms with E-state index in [9.17, 15) is 14.7 Å². The molecule has 1 heterocycles.